The molecule has 2 aromatic heterocycles. The van der Waals surface area contributed by atoms with Crippen LogP contribution in [0.25, 0.3) is 11.2 Å². The number of carbonyl (C=O) groups is 2. The van der Waals surface area contributed by atoms with E-state index in [4.69, 9.17) is 31.9 Å². The Hall–Kier alpha value is -3.48. The molecule has 1 saturated heterocycles. The van der Waals surface area contributed by atoms with Crippen LogP contribution < -0.4 is 10.9 Å². The van der Waals surface area contributed by atoms with Crippen molar-refractivity contribution in [1.29, 1.82) is 0 Å². The minimum Gasteiger partial charge on any atom is -0.479 e. The van der Waals surface area contributed by atoms with E-state index in [0.29, 0.717) is 0 Å². The van der Waals surface area contributed by atoms with Crippen LogP contribution in [0.4, 0.5) is 10.2 Å². The molecule has 7 N–H and O–H groups in total. The summed E-state index contributed by atoms with van der Waals surface area (Å²) in [7, 11) is -4.06. The lowest BCUT2D eigenvalue weighted by molar-refractivity contribution is -0.194. The van der Waals surface area contributed by atoms with Gasteiger partial charge in [0.25, 0.3) is 5.60 Å². The summed E-state index contributed by atoms with van der Waals surface area (Å²) >= 11 is 5.82. The number of benzene rings is 1. The summed E-state index contributed by atoms with van der Waals surface area (Å²) < 4.78 is 50.5. The Morgan fingerprint density at radius 1 is 1.24 bits per heavy atom. The van der Waals surface area contributed by atoms with Crippen molar-refractivity contribution in [1.82, 2.24) is 19.5 Å². The number of anilines is 1. The SMILES string of the molecule is Nc1nc(Cl)nc2c1ncn2[C@@H]1O[C@@H]2C(OC(Cc3ccc(S(N)(=O)=O)cc3)(C(=O)O)C(=O)O)[C@]2(O)[C@@H]1F. The average molecular weight is 573 g/mol. The maximum absolute atomic E-state index is 15.5. The van der Waals surface area contributed by atoms with E-state index in [0.717, 1.165) is 35.2 Å². The summed E-state index contributed by atoms with van der Waals surface area (Å²) in [6, 6.07) is 4.42. The van der Waals surface area contributed by atoms with Crippen molar-refractivity contribution in [3.63, 3.8) is 0 Å². The molecular formula is C20H18ClFN6O9S. The van der Waals surface area contributed by atoms with Gasteiger partial charge in [-0.25, -0.2) is 32.5 Å². The van der Waals surface area contributed by atoms with Crippen LogP contribution in [0.15, 0.2) is 35.5 Å². The Kier molecular flexibility index (Phi) is 5.86. The van der Waals surface area contributed by atoms with E-state index in [1.165, 1.54) is 0 Å². The molecule has 2 fully saturated rings. The normalized spacial score (nSPS) is 26.8. The van der Waals surface area contributed by atoms with Gasteiger partial charge in [-0.05, 0) is 29.3 Å². The number of rotatable bonds is 8. The highest BCUT2D eigenvalue weighted by Gasteiger charge is 2.80. The summed E-state index contributed by atoms with van der Waals surface area (Å²) in [5, 5.41) is 35.4. The van der Waals surface area contributed by atoms with Gasteiger partial charge in [-0.3, -0.25) is 4.57 Å². The van der Waals surface area contributed by atoms with Crippen LogP contribution in [0.2, 0.25) is 5.28 Å². The average Bonchev–Trinajstić information content (AvgIpc) is 3.07. The van der Waals surface area contributed by atoms with Gasteiger partial charge in [0.2, 0.25) is 15.3 Å². The van der Waals surface area contributed by atoms with E-state index in [9.17, 15) is 33.3 Å². The quantitative estimate of drug-likeness (QED) is 0.164. The number of alkyl halides is 1. The fourth-order valence-corrected chi connectivity index (χ4v) is 5.11. The third kappa shape index (κ3) is 3.86. The first-order valence-corrected chi connectivity index (χ1v) is 12.6. The molecule has 202 valence electrons. The summed E-state index contributed by atoms with van der Waals surface area (Å²) in [6.45, 7) is 0. The molecule has 0 spiro atoms. The fraction of sp³-hybridized carbons (Fsp3) is 0.350. The maximum atomic E-state index is 15.5. The molecule has 15 nitrogen and oxygen atoms in total. The zero-order valence-electron chi connectivity index (χ0n) is 18.8. The number of imidazole rings is 1. The number of nitrogen functional groups attached to an aromatic ring is 1. The van der Waals surface area contributed by atoms with Crippen LogP contribution in [0.1, 0.15) is 11.8 Å². The molecule has 0 bridgehead atoms. The summed E-state index contributed by atoms with van der Waals surface area (Å²) in [5.74, 6) is -3.96. The molecule has 18 heteroatoms. The van der Waals surface area contributed by atoms with Crippen molar-refractivity contribution in [3.05, 3.63) is 41.4 Å². The smallest absolute Gasteiger partial charge is 0.348 e. The van der Waals surface area contributed by atoms with E-state index >= 15 is 4.39 Å². The Bertz CT molecular complexity index is 1570. The second kappa shape index (κ2) is 8.52. The minimum atomic E-state index is -4.06. The lowest BCUT2D eigenvalue weighted by Crippen LogP contribution is -2.53. The first kappa shape index (κ1) is 26.1. The number of nitrogens with two attached hydrogens (primary N) is 2. The Labute approximate surface area is 216 Å². The maximum Gasteiger partial charge on any atom is 0.348 e. The first-order valence-electron chi connectivity index (χ1n) is 10.6. The van der Waals surface area contributed by atoms with Crippen LogP contribution >= 0.6 is 11.6 Å². The molecule has 0 radical (unpaired) electrons. The van der Waals surface area contributed by atoms with E-state index in [2.05, 4.69) is 15.0 Å². The molecule has 0 amide bonds. The molecule has 1 aromatic carbocycles. The number of sulfonamides is 1. The van der Waals surface area contributed by atoms with Gasteiger partial charge in [-0.15, -0.1) is 0 Å². The molecule has 3 heterocycles. The van der Waals surface area contributed by atoms with Crippen LogP contribution in [-0.4, -0.2) is 84.8 Å². The van der Waals surface area contributed by atoms with Gasteiger partial charge in [0, 0.05) is 6.42 Å². The first-order chi connectivity index (χ1) is 17.7. The van der Waals surface area contributed by atoms with Crippen LogP contribution in [-0.2, 0) is 35.5 Å². The van der Waals surface area contributed by atoms with Crippen molar-refractivity contribution in [3.8, 4) is 0 Å². The summed E-state index contributed by atoms with van der Waals surface area (Å²) in [5.41, 5.74) is 0.504. The van der Waals surface area contributed by atoms with Gasteiger partial charge in [-0.1, -0.05) is 12.1 Å². The third-order valence-corrected chi connectivity index (χ3v) is 7.57. The third-order valence-electron chi connectivity index (χ3n) is 6.47. The van der Waals surface area contributed by atoms with Crippen molar-refractivity contribution in [2.75, 3.05) is 5.73 Å². The number of aromatic nitrogens is 4. The Balaban J connectivity index is 1.41. The molecule has 2 aliphatic rings. The van der Waals surface area contributed by atoms with Crippen molar-refractivity contribution < 1.29 is 47.2 Å². The number of halogens is 2. The topological polar surface area (TPSA) is 243 Å². The highest BCUT2D eigenvalue weighted by molar-refractivity contribution is 7.89. The summed E-state index contributed by atoms with van der Waals surface area (Å²) in [4.78, 5) is 35.7. The number of ether oxygens (including phenoxy) is 2. The van der Waals surface area contributed by atoms with E-state index in [1.807, 2.05) is 0 Å². The molecule has 1 aliphatic carbocycles. The zero-order valence-corrected chi connectivity index (χ0v) is 20.4. The predicted molar refractivity (Wildman–Crippen MR) is 123 cm³/mol. The van der Waals surface area contributed by atoms with Gasteiger partial charge in [0.05, 0.1) is 11.2 Å². The number of nitrogens with zero attached hydrogens (tertiary/aromatic N) is 4. The monoisotopic (exact) mass is 572 g/mol. The summed E-state index contributed by atoms with van der Waals surface area (Å²) in [6.07, 6.45) is -6.53. The van der Waals surface area contributed by atoms with Crippen LogP contribution in [0.3, 0.4) is 0 Å². The van der Waals surface area contributed by atoms with E-state index in [1.54, 1.807) is 0 Å². The van der Waals surface area contributed by atoms with Gasteiger partial charge in [-0.2, -0.15) is 9.97 Å². The van der Waals surface area contributed by atoms with Crippen LogP contribution in [0.5, 0.6) is 0 Å². The molecule has 5 rings (SSSR count). The molecular weight excluding hydrogens is 555 g/mol. The zero-order chi connectivity index (χ0) is 27.8. The van der Waals surface area contributed by atoms with Crippen molar-refractivity contribution in [2.24, 2.45) is 5.14 Å². The minimum absolute atomic E-state index is 0.00544. The second-order valence-corrected chi connectivity index (χ2v) is 10.7. The highest BCUT2D eigenvalue weighted by Crippen LogP contribution is 2.58. The van der Waals surface area contributed by atoms with Gasteiger partial charge in [0.1, 0.15) is 17.7 Å². The Morgan fingerprint density at radius 3 is 2.39 bits per heavy atom. The number of aliphatic carboxylic acids is 2. The number of hydrogen-bond acceptors (Lipinski definition) is 11. The fourth-order valence-electron chi connectivity index (χ4n) is 4.42. The lowest BCUT2D eigenvalue weighted by Gasteiger charge is -2.28. The van der Waals surface area contributed by atoms with Crippen molar-refractivity contribution in [2.45, 2.75) is 47.1 Å². The largest absolute Gasteiger partial charge is 0.479 e. The van der Waals surface area contributed by atoms with E-state index < -0.39 is 64.2 Å². The second-order valence-electron chi connectivity index (χ2n) is 8.78. The molecule has 5 atom stereocenters. The molecule has 38 heavy (non-hydrogen) atoms. The predicted octanol–water partition coefficient (Wildman–Crippen LogP) is -0.775. The Morgan fingerprint density at radius 2 is 1.87 bits per heavy atom. The number of primary sulfonamides is 1. The van der Waals surface area contributed by atoms with Gasteiger partial charge in [0.15, 0.2) is 29.5 Å². The number of carboxylic acids is 2. The number of aliphatic hydroxyl groups is 1. The molecule has 1 saturated carbocycles. The standard InChI is InChI=1S/C20H18ClFN6O9S/c21-18-26-13(23)9-14(27-18)28(6-25-9)15-10(22)20(33)11(36-15)12(20)37-19(16(29)30,17(31)32)5-7-1-3-8(4-2-7)38(24,34)35/h1-4,6,10-12,15,33H,5H2,(H,29,30)(H,31,32)(H2,23,26,27)(H2,24,34,35)/t10-,11-,12?,15-,20+/m1/s1. The van der Waals surface area contributed by atoms with Gasteiger partial charge >= 0.3 is 11.9 Å². The van der Waals surface area contributed by atoms with E-state index in [-0.39, 0.29) is 32.7 Å². The number of carboxylic acid groups (broad SMARTS) is 2. The molecule has 1 aliphatic heterocycles. The van der Waals surface area contributed by atoms with Gasteiger partial charge < -0.3 is 30.5 Å². The number of hydrogen-bond donors (Lipinski definition) is 5. The highest BCUT2D eigenvalue weighted by atomic mass is 35.5. The molecule has 3 aromatic rings. The lowest BCUT2D eigenvalue weighted by atomic mass is 9.94. The van der Waals surface area contributed by atoms with Crippen molar-refractivity contribution >= 4 is 50.5 Å². The van der Waals surface area contributed by atoms with Crippen LogP contribution in [0, 0.1) is 0 Å². The number of fused-ring (bicyclic) bond motifs is 2. The molecule has 1 unspecified atom stereocenters.